The van der Waals surface area contributed by atoms with Crippen LogP contribution in [0.15, 0.2) is 24.3 Å². The van der Waals surface area contributed by atoms with Gasteiger partial charge in [-0.05, 0) is 33.2 Å². The summed E-state index contributed by atoms with van der Waals surface area (Å²) in [6, 6.07) is 6.07. The van der Waals surface area contributed by atoms with Crippen molar-refractivity contribution in [3.05, 3.63) is 30.1 Å². The highest BCUT2D eigenvalue weighted by Gasteiger charge is 2.22. The van der Waals surface area contributed by atoms with Crippen molar-refractivity contribution in [2.45, 2.75) is 19.1 Å². The lowest BCUT2D eigenvalue weighted by Gasteiger charge is -2.37. The first-order valence-corrected chi connectivity index (χ1v) is 8.26. The summed E-state index contributed by atoms with van der Waals surface area (Å²) in [7, 11) is 4.16. The number of amides is 2. The molecule has 6 nitrogen and oxygen atoms in total. The van der Waals surface area contributed by atoms with E-state index >= 15 is 0 Å². The predicted molar refractivity (Wildman–Crippen MR) is 91.8 cm³/mol. The number of halogens is 1. The SMILES string of the molecule is C[C@H](CNC(=O)NC[C@H]1CN(C)CCN1C)Oc1cccc(F)c1. The molecule has 1 fully saturated rings. The van der Waals surface area contributed by atoms with E-state index in [1.807, 2.05) is 6.92 Å². The number of hydrogen-bond donors (Lipinski definition) is 2. The number of benzene rings is 1. The predicted octanol–water partition coefficient (Wildman–Crippen LogP) is 1.14. The quantitative estimate of drug-likeness (QED) is 0.817. The third kappa shape index (κ3) is 5.98. The molecule has 2 rings (SSSR count). The number of rotatable bonds is 6. The zero-order chi connectivity index (χ0) is 17.5. The van der Waals surface area contributed by atoms with E-state index in [-0.39, 0.29) is 18.0 Å². The Balaban J connectivity index is 1.67. The highest BCUT2D eigenvalue weighted by atomic mass is 19.1. The Morgan fingerprint density at radius 2 is 2.17 bits per heavy atom. The second-order valence-electron chi connectivity index (χ2n) is 6.37. The summed E-state index contributed by atoms with van der Waals surface area (Å²) in [4.78, 5) is 16.4. The molecule has 0 radical (unpaired) electrons. The lowest BCUT2D eigenvalue weighted by molar-refractivity contribution is 0.114. The highest BCUT2D eigenvalue weighted by molar-refractivity contribution is 5.73. The normalized spacial score (nSPS) is 20.4. The Morgan fingerprint density at radius 3 is 2.92 bits per heavy atom. The van der Waals surface area contributed by atoms with Gasteiger partial charge in [-0.1, -0.05) is 6.07 Å². The number of piperazine rings is 1. The summed E-state index contributed by atoms with van der Waals surface area (Å²) < 4.78 is 18.7. The number of likely N-dealkylation sites (N-methyl/N-ethyl adjacent to an activating group) is 2. The summed E-state index contributed by atoms with van der Waals surface area (Å²) >= 11 is 0. The molecule has 0 unspecified atom stereocenters. The Kier molecular flexibility index (Phi) is 6.81. The van der Waals surface area contributed by atoms with Crippen LogP contribution in [-0.2, 0) is 0 Å². The lowest BCUT2D eigenvalue weighted by atomic mass is 10.2. The molecule has 2 atom stereocenters. The third-order valence-electron chi connectivity index (χ3n) is 4.16. The molecule has 24 heavy (non-hydrogen) atoms. The summed E-state index contributed by atoms with van der Waals surface area (Å²) in [6.45, 7) is 5.77. The molecule has 134 valence electrons. The molecule has 1 aliphatic rings. The van der Waals surface area contributed by atoms with Gasteiger partial charge < -0.3 is 20.3 Å². The monoisotopic (exact) mass is 338 g/mol. The minimum atomic E-state index is -0.341. The standard InChI is InChI=1S/C17H27FN4O2/c1-13(24-16-6-4-5-14(18)9-16)10-19-17(23)20-11-15-12-21(2)7-8-22(15)3/h4-6,9,13,15H,7-8,10-12H2,1-3H3,(H2,19,20,23)/t13-,15+/m1/s1. The second-order valence-corrected chi connectivity index (χ2v) is 6.37. The fraction of sp³-hybridized carbons (Fsp3) is 0.588. The van der Waals surface area contributed by atoms with Crippen LogP contribution >= 0.6 is 0 Å². The average Bonchev–Trinajstić information content (AvgIpc) is 2.54. The van der Waals surface area contributed by atoms with Crippen LogP contribution in [0.3, 0.4) is 0 Å². The number of urea groups is 1. The van der Waals surface area contributed by atoms with E-state index in [4.69, 9.17) is 4.74 Å². The van der Waals surface area contributed by atoms with Gasteiger partial charge in [0, 0.05) is 38.3 Å². The topological polar surface area (TPSA) is 56.8 Å². The number of carbonyl (C=O) groups excluding carboxylic acids is 1. The van der Waals surface area contributed by atoms with Gasteiger partial charge >= 0.3 is 6.03 Å². The van der Waals surface area contributed by atoms with E-state index in [2.05, 4.69) is 34.5 Å². The van der Waals surface area contributed by atoms with Crippen LogP contribution in [0, 0.1) is 5.82 Å². The summed E-state index contributed by atoms with van der Waals surface area (Å²) in [5.74, 6) is 0.114. The largest absolute Gasteiger partial charge is 0.489 e. The number of ether oxygens (including phenoxy) is 1. The van der Waals surface area contributed by atoms with Crippen LogP contribution in [0.4, 0.5) is 9.18 Å². The number of nitrogens with one attached hydrogen (secondary N) is 2. The van der Waals surface area contributed by atoms with Gasteiger partial charge in [0.15, 0.2) is 0 Å². The van der Waals surface area contributed by atoms with Crippen molar-refractivity contribution in [3.8, 4) is 5.75 Å². The van der Waals surface area contributed by atoms with Crippen molar-refractivity contribution >= 4 is 6.03 Å². The zero-order valence-corrected chi connectivity index (χ0v) is 14.6. The van der Waals surface area contributed by atoms with Crippen LogP contribution in [0.2, 0.25) is 0 Å². The molecule has 0 saturated carbocycles. The molecule has 1 aromatic carbocycles. The van der Waals surface area contributed by atoms with Gasteiger partial charge in [-0.25, -0.2) is 9.18 Å². The van der Waals surface area contributed by atoms with Crippen LogP contribution in [-0.4, -0.2) is 74.8 Å². The second kappa shape index (κ2) is 8.84. The lowest BCUT2D eigenvalue weighted by Crippen LogP contribution is -2.55. The fourth-order valence-corrected chi connectivity index (χ4v) is 2.65. The first kappa shape index (κ1) is 18.5. The van der Waals surface area contributed by atoms with Crippen LogP contribution in [0.5, 0.6) is 5.75 Å². The molecular formula is C17H27FN4O2. The molecule has 0 spiro atoms. The molecule has 0 aliphatic carbocycles. The first-order chi connectivity index (χ1) is 11.4. The highest BCUT2D eigenvalue weighted by Crippen LogP contribution is 2.13. The van der Waals surface area contributed by atoms with Crippen molar-refractivity contribution < 1.29 is 13.9 Å². The third-order valence-corrected chi connectivity index (χ3v) is 4.16. The van der Waals surface area contributed by atoms with E-state index in [1.165, 1.54) is 12.1 Å². The molecule has 1 heterocycles. The summed E-state index contributed by atoms with van der Waals surface area (Å²) in [5.41, 5.74) is 0. The molecule has 2 amide bonds. The summed E-state index contributed by atoms with van der Waals surface area (Å²) in [5, 5.41) is 5.68. The van der Waals surface area contributed by atoms with E-state index < -0.39 is 0 Å². The van der Waals surface area contributed by atoms with Crippen LogP contribution < -0.4 is 15.4 Å². The molecule has 1 saturated heterocycles. The number of nitrogens with zero attached hydrogens (tertiary/aromatic N) is 2. The van der Waals surface area contributed by atoms with Gasteiger partial charge in [0.1, 0.15) is 17.7 Å². The maximum atomic E-state index is 13.1. The Hall–Kier alpha value is -1.86. The smallest absolute Gasteiger partial charge is 0.314 e. The van der Waals surface area contributed by atoms with Gasteiger partial charge in [-0.2, -0.15) is 0 Å². The van der Waals surface area contributed by atoms with Gasteiger partial charge in [0.25, 0.3) is 0 Å². The molecule has 7 heteroatoms. The molecule has 0 aromatic heterocycles. The van der Waals surface area contributed by atoms with Gasteiger partial charge in [-0.15, -0.1) is 0 Å². The average molecular weight is 338 g/mol. The molecule has 2 N–H and O–H groups in total. The minimum absolute atomic E-state index is 0.216. The molecule has 1 aliphatic heterocycles. The van der Waals surface area contributed by atoms with E-state index in [0.29, 0.717) is 24.9 Å². The van der Waals surface area contributed by atoms with Crippen LogP contribution in [0.25, 0.3) is 0 Å². The van der Waals surface area contributed by atoms with Crippen molar-refractivity contribution in [1.29, 1.82) is 0 Å². The maximum Gasteiger partial charge on any atom is 0.314 e. The number of hydrogen-bond acceptors (Lipinski definition) is 4. The van der Waals surface area contributed by atoms with Crippen molar-refractivity contribution in [1.82, 2.24) is 20.4 Å². The van der Waals surface area contributed by atoms with Crippen LogP contribution in [0.1, 0.15) is 6.92 Å². The van der Waals surface area contributed by atoms with Crippen molar-refractivity contribution in [2.24, 2.45) is 0 Å². The van der Waals surface area contributed by atoms with Crippen molar-refractivity contribution in [2.75, 3.05) is 46.8 Å². The van der Waals surface area contributed by atoms with Gasteiger partial charge in [0.2, 0.25) is 0 Å². The van der Waals surface area contributed by atoms with E-state index in [9.17, 15) is 9.18 Å². The van der Waals surface area contributed by atoms with Gasteiger partial charge in [0.05, 0.1) is 6.54 Å². The first-order valence-electron chi connectivity index (χ1n) is 8.26. The Labute approximate surface area is 142 Å². The molecule has 0 bridgehead atoms. The Morgan fingerprint density at radius 1 is 1.38 bits per heavy atom. The zero-order valence-electron chi connectivity index (χ0n) is 14.6. The van der Waals surface area contributed by atoms with E-state index in [0.717, 1.165) is 19.6 Å². The fourth-order valence-electron chi connectivity index (χ4n) is 2.65. The van der Waals surface area contributed by atoms with Gasteiger partial charge in [-0.3, -0.25) is 4.90 Å². The van der Waals surface area contributed by atoms with Crippen molar-refractivity contribution in [3.63, 3.8) is 0 Å². The minimum Gasteiger partial charge on any atom is -0.489 e. The number of carbonyl (C=O) groups is 1. The Bertz CT molecular complexity index is 543. The summed E-state index contributed by atoms with van der Waals surface area (Å²) in [6.07, 6.45) is -0.249. The molecule has 1 aromatic rings. The molecular weight excluding hydrogens is 311 g/mol. The van der Waals surface area contributed by atoms with E-state index in [1.54, 1.807) is 12.1 Å². The maximum absolute atomic E-state index is 13.1.